The van der Waals surface area contributed by atoms with Crippen molar-refractivity contribution in [2.45, 2.75) is 25.2 Å². The maximum Gasteiger partial charge on any atom is 0.423 e. The second-order valence-electron chi connectivity index (χ2n) is 5.95. The number of pyridine rings is 1. The Morgan fingerprint density at radius 3 is 2.81 bits per heavy atom. The smallest absolute Gasteiger partial charge is 0.423 e. The normalized spacial score (nSPS) is 16.9. The Morgan fingerprint density at radius 2 is 2.15 bits per heavy atom. The van der Waals surface area contributed by atoms with E-state index in [2.05, 4.69) is 10.3 Å². The molecule has 1 saturated heterocycles. The summed E-state index contributed by atoms with van der Waals surface area (Å²) in [6.07, 6.45) is -2.57. The molecule has 1 aromatic carbocycles. The minimum absolute atomic E-state index is 0.0651. The standard InChI is InChI=1S/C17H16F3N3O4/c18-17(19,20)14-8-12(1-2-15(14)23(24)25)22-9-11-3-5-21-16(7-11)27-13-4-6-26-10-13/h1-3,5,7-8,13,22H,4,6,9-10H2. The van der Waals surface area contributed by atoms with E-state index in [1.165, 1.54) is 6.07 Å². The number of nitro groups is 1. The van der Waals surface area contributed by atoms with Gasteiger partial charge in [-0.05, 0) is 23.8 Å². The Bertz CT molecular complexity index is 823. The van der Waals surface area contributed by atoms with Crippen LogP contribution in [0.5, 0.6) is 5.88 Å². The fourth-order valence-electron chi connectivity index (χ4n) is 2.64. The van der Waals surface area contributed by atoms with Gasteiger partial charge in [-0.25, -0.2) is 4.98 Å². The minimum atomic E-state index is -4.82. The number of hydrogen-bond donors (Lipinski definition) is 1. The molecule has 1 aliphatic rings. The number of benzene rings is 1. The van der Waals surface area contributed by atoms with Crippen molar-refractivity contribution in [3.63, 3.8) is 0 Å². The summed E-state index contributed by atoms with van der Waals surface area (Å²) in [5.41, 5.74) is -1.41. The minimum Gasteiger partial charge on any atom is -0.472 e. The molecule has 1 aromatic heterocycles. The molecule has 27 heavy (non-hydrogen) atoms. The lowest BCUT2D eigenvalue weighted by Crippen LogP contribution is -2.16. The van der Waals surface area contributed by atoms with Gasteiger partial charge < -0.3 is 14.8 Å². The Balaban J connectivity index is 1.70. The molecule has 0 saturated carbocycles. The van der Waals surface area contributed by atoms with Crippen LogP contribution in [0.2, 0.25) is 0 Å². The molecular weight excluding hydrogens is 367 g/mol. The van der Waals surface area contributed by atoms with Crippen molar-refractivity contribution < 1.29 is 27.6 Å². The van der Waals surface area contributed by atoms with E-state index in [4.69, 9.17) is 9.47 Å². The molecule has 0 bridgehead atoms. The van der Waals surface area contributed by atoms with Crippen molar-refractivity contribution in [3.05, 3.63) is 57.8 Å². The van der Waals surface area contributed by atoms with Gasteiger partial charge in [0.1, 0.15) is 11.7 Å². The highest BCUT2D eigenvalue weighted by Gasteiger charge is 2.38. The molecule has 7 nitrogen and oxygen atoms in total. The highest BCUT2D eigenvalue weighted by Crippen LogP contribution is 2.37. The Morgan fingerprint density at radius 1 is 1.33 bits per heavy atom. The summed E-state index contributed by atoms with van der Waals surface area (Å²) in [7, 11) is 0. The van der Waals surface area contributed by atoms with Crippen molar-refractivity contribution in [1.29, 1.82) is 0 Å². The summed E-state index contributed by atoms with van der Waals surface area (Å²) in [5, 5.41) is 13.6. The van der Waals surface area contributed by atoms with E-state index >= 15 is 0 Å². The molecule has 0 amide bonds. The van der Waals surface area contributed by atoms with Crippen LogP contribution in [-0.4, -0.2) is 29.2 Å². The molecule has 3 rings (SSSR count). The molecule has 1 fully saturated rings. The third-order valence-corrected chi connectivity index (χ3v) is 3.97. The van der Waals surface area contributed by atoms with E-state index < -0.39 is 22.4 Å². The van der Waals surface area contributed by atoms with E-state index in [0.29, 0.717) is 19.1 Å². The summed E-state index contributed by atoms with van der Waals surface area (Å²) >= 11 is 0. The molecule has 1 unspecified atom stereocenters. The molecule has 0 radical (unpaired) electrons. The quantitative estimate of drug-likeness (QED) is 0.603. The van der Waals surface area contributed by atoms with Gasteiger partial charge in [0.25, 0.3) is 5.69 Å². The highest BCUT2D eigenvalue weighted by molar-refractivity contribution is 5.55. The van der Waals surface area contributed by atoms with Crippen LogP contribution in [0.3, 0.4) is 0 Å². The van der Waals surface area contributed by atoms with Crippen LogP contribution in [0.1, 0.15) is 17.5 Å². The number of halogens is 3. The summed E-state index contributed by atoms with van der Waals surface area (Å²) in [6.45, 7) is 1.33. The van der Waals surface area contributed by atoms with Crippen LogP contribution < -0.4 is 10.1 Å². The fourth-order valence-corrected chi connectivity index (χ4v) is 2.64. The summed E-state index contributed by atoms with van der Waals surface area (Å²) in [5.74, 6) is 0.407. The summed E-state index contributed by atoms with van der Waals surface area (Å²) < 4.78 is 50.0. The third kappa shape index (κ3) is 4.85. The lowest BCUT2D eigenvalue weighted by molar-refractivity contribution is -0.388. The predicted molar refractivity (Wildman–Crippen MR) is 89.5 cm³/mol. The lowest BCUT2D eigenvalue weighted by atomic mass is 10.1. The highest BCUT2D eigenvalue weighted by atomic mass is 19.4. The zero-order chi connectivity index (χ0) is 19.4. The molecule has 144 valence electrons. The molecule has 1 N–H and O–H groups in total. The molecule has 0 spiro atoms. The van der Waals surface area contributed by atoms with Gasteiger partial charge in [-0.1, -0.05) is 0 Å². The Kier molecular flexibility index (Phi) is 5.45. The van der Waals surface area contributed by atoms with E-state index in [0.717, 1.165) is 24.1 Å². The van der Waals surface area contributed by atoms with Gasteiger partial charge >= 0.3 is 6.18 Å². The van der Waals surface area contributed by atoms with Crippen molar-refractivity contribution >= 4 is 11.4 Å². The maximum absolute atomic E-state index is 13.0. The Hall–Kier alpha value is -2.88. The first-order valence-corrected chi connectivity index (χ1v) is 8.12. The van der Waals surface area contributed by atoms with Crippen LogP contribution >= 0.6 is 0 Å². The van der Waals surface area contributed by atoms with Crippen LogP contribution in [-0.2, 0) is 17.5 Å². The number of nitro benzene ring substituents is 1. The number of aromatic nitrogens is 1. The maximum atomic E-state index is 13.0. The molecule has 1 aliphatic heterocycles. The van der Waals surface area contributed by atoms with Gasteiger partial charge in [-0.15, -0.1) is 0 Å². The molecule has 10 heteroatoms. The van der Waals surface area contributed by atoms with Crippen LogP contribution in [0.15, 0.2) is 36.5 Å². The Labute approximate surface area is 152 Å². The first kappa shape index (κ1) is 18.9. The van der Waals surface area contributed by atoms with E-state index in [1.54, 1.807) is 18.3 Å². The molecule has 2 aromatic rings. The molecule has 2 heterocycles. The lowest BCUT2D eigenvalue weighted by Gasteiger charge is -2.13. The van der Waals surface area contributed by atoms with Crippen molar-refractivity contribution in [3.8, 4) is 5.88 Å². The van der Waals surface area contributed by atoms with Gasteiger partial charge in [-0.3, -0.25) is 10.1 Å². The van der Waals surface area contributed by atoms with E-state index in [9.17, 15) is 23.3 Å². The monoisotopic (exact) mass is 383 g/mol. The fraction of sp³-hybridized carbons (Fsp3) is 0.353. The third-order valence-electron chi connectivity index (χ3n) is 3.97. The summed E-state index contributed by atoms with van der Waals surface area (Å²) in [6, 6.07) is 6.18. The predicted octanol–water partition coefficient (Wildman–Crippen LogP) is 3.79. The van der Waals surface area contributed by atoms with Crippen molar-refractivity contribution in [2.75, 3.05) is 18.5 Å². The van der Waals surface area contributed by atoms with Gasteiger partial charge in [0.2, 0.25) is 5.88 Å². The SMILES string of the molecule is O=[N+]([O-])c1ccc(NCc2ccnc(OC3CCOC3)c2)cc1C(F)(F)F. The first-order valence-electron chi connectivity index (χ1n) is 8.12. The van der Waals surface area contributed by atoms with Crippen LogP contribution in [0.25, 0.3) is 0 Å². The van der Waals surface area contributed by atoms with E-state index in [1.807, 2.05) is 0 Å². The number of ether oxygens (including phenoxy) is 2. The first-order chi connectivity index (χ1) is 12.8. The van der Waals surface area contributed by atoms with Crippen LogP contribution in [0.4, 0.5) is 24.5 Å². The molecule has 0 aliphatic carbocycles. The topological polar surface area (TPSA) is 86.5 Å². The number of nitrogens with one attached hydrogen (secondary N) is 1. The van der Waals surface area contributed by atoms with Gasteiger partial charge in [-0.2, -0.15) is 13.2 Å². The van der Waals surface area contributed by atoms with Crippen LogP contribution in [0, 0.1) is 10.1 Å². The second kappa shape index (κ2) is 7.78. The second-order valence-corrected chi connectivity index (χ2v) is 5.95. The number of alkyl halides is 3. The average Bonchev–Trinajstić information content (AvgIpc) is 3.12. The average molecular weight is 383 g/mol. The zero-order valence-corrected chi connectivity index (χ0v) is 14.0. The number of hydrogen-bond acceptors (Lipinski definition) is 6. The zero-order valence-electron chi connectivity index (χ0n) is 14.0. The van der Waals surface area contributed by atoms with Gasteiger partial charge in [0.05, 0.1) is 18.1 Å². The van der Waals surface area contributed by atoms with Gasteiger partial charge in [0, 0.05) is 37.0 Å². The largest absolute Gasteiger partial charge is 0.472 e. The van der Waals surface area contributed by atoms with Crippen molar-refractivity contribution in [1.82, 2.24) is 4.98 Å². The van der Waals surface area contributed by atoms with Crippen molar-refractivity contribution in [2.24, 2.45) is 0 Å². The number of nitrogens with zero attached hydrogens (tertiary/aromatic N) is 2. The molecule has 1 atom stereocenters. The van der Waals surface area contributed by atoms with Gasteiger partial charge in [0.15, 0.2) is 0 Å². The number of rotatable bonds is 6. The number of anilines is 1. The summed E-state index contributed by atoms with van der Waals surface area (Å²) in [4.78, 5) is 13.9. The van der Waals surface area contributed by atoms with E-state index in [-0.39, 0.29) is 18.3 Å². The molecular formula is C17H16F3N3O4.